The summed E-state index contributed by atoms with van der Waals surface area (Å²) in [4.78, 5) is 3.88. The molecule has 0 aliphatic carbocycles. The number of hydrogen-bond donors (Lipinski definition) is 1. The van der Waals surface area contributed by atoms with Crippen LogP contribution in [0.5, 0.6) is 5.75 Å². The second kappa shape index (κ2) is 5.01. The van der Waals surface area contributed by atoms with Crippen molar-refractivity contribution in [3.63, 3.8) is 0 Å². The number of halogens is 3. The van der Waals surface area contributed by atoms with Crippen LogP contribution < -0.4 is 10.5 Å². The molecule has 0 saturated heterocycles. The van der Waals surface area contributed by atoms with Crippen molar-refractivity contribution >= 4 is 0 Å². The first-order chi connectivity index (χ1) is 7.89. The van der Waals surface area contributed by atoms with E-state index in [4.69, 9.17) is 11.0 Å². The molecule has 0 aliphatic heterocycles. The maximum absolute atomic E-state index is 12.2. The van der Waals surface area contributed by atoms with Gasteiger partial charge in [-0.05, 0) is 6.92 Å². The van der Waals surface area contributed by atoms with Crippen LogP contribution in [0.25, 0.3) is 0 Å². The van der Waals surface area contributed by atoms with Gasteiger partial charge in [-0.1, -0.05) is 0 Å². The number of ether oxygens (including phenoxy) is 1. The molecule has 0 spiro atoms. The Morgan fingerprint density at radius 2 is 2.18 bits per heavy atom. The summed E-state index contributed by atoms with van der Waals surface area (Å²) < 4.78 is 40.5. The zero-order valence-corrected chi connectivity index (χ0v) is 9.01. The van der Waals surface area contributed by atoms with Crippen molar-refractivity contribution in [1.29, 1.82) is 5.26 Å². The summed E-state index contributed by atoms with van der Waals surface area (Å²) in [5.74, 6) is -0.361. The molecular formula is C10H10F3N3O. The lowest BCUT2D eigenvalue weighted by molar-refractivity contribution is -0.275. The van der Waals surface area contributed by atoms with E-state index in [0.29, 0.717) is 0 Å². The molecule has 7 heteroatoms. The van der Waals surface area contributed by atoms with Crippen molar-refractivity contribution in [3.05, 3.63) is 23.0 Å². The monoisotopic (exact) mass is 245 g/mol. The van der Waals surface area contributed by atoms with Gasteiger partial charge in [0, 0.05) is 23.9 Å². The summed E-state index contributed by atoms with van der Waals surface area (Å²) in [5.41, 5.74) is 5.90. The third kappa shape index (κ3) is 3.32. The van der Waals surface area contributed by atoms with Crippen molar-refractivity contribution in [2.75, 3.05) is 0 Å². The molecule has 1 heterocycles. The van der Waals surface area contributed by atoms with Crippen LogP contribution in [0.3, 0.4) is 0 Å². The molecule has 0 bridgehead atoms. The van der Waals surface area contributed by atoms with E-state index in [1.165, 1.54) is 13.1 Å². The van der Waals surface area contributed by atoms with E-state index in [2.05, 4.69) is 9.72 Å². The molecule has 2 N–H and O–H groups in total. The third-order valence-corrected chi connectivity index (χ3v) is 2.13. The molecule has 0 aliphatic rings. The fourth-order valence-corrected chi connectivity index (χ4v) is 1.34. The van der Waals surface area contributed by atoms with Gasteiger partial charge in [-0.15, -0.1) is 13.2 Å². The average Bonchev–Trinajstić information content (AvgIpc) is 2.23. The van der Waals surface area contributed by atoms with Crippen molar-refractivity contribution in [1.82, 2.24) is 4.98 Å². The summed E-state index contributed by atoms with van der Waals surface area (Å²) in [6, 6.07) is 1.82. The summed E-state index contributed by atoms with van der Waals surface area (Å²) in [6.45, 7) is 1.30. The molecule has 17 heavy (non-hydrogen) atoms. The number of nitriles is 1. The van der Waals surface area contributed by atoms with Gasteiger partial charge in [0.2, 0.25) is 0 Å². The van der Waals surface area contributed by atoms with Crippen LogP contribution in [0.2, 0.25) is 0 Å². The Bertz CT molecular complexity index is 451. The van der Waals surface area contributed by atoms with Crippen LogP contribution in [0.4, 0.5) is 13.2 Å². The number of rotatable bonds is 3. The zero-order valence-electron chi connectivity index (χ0n) is 9.01. The van der Waals surface area contributed by atoms with Gasteiger partial charge in [0.05, 0.1) is 18.2 Å². The van der Waals surface area contributed by atoms with Gasteiger partial charge in [0.1, 0.15) is 5.75 Å². The molecule has 1 rings (SSSR count). The van der Waals surface area contributed by atoms with Crippen LogP contribution in [0, 0.1) is 18.3 Å². The first-order valence-corrected chi connectivity index (χ1v) is 4.69. The van der Waals surface area contributed by atoms with E-state index in [1.807, 2.05) is 6.07 Å². The van der Waals surface area contributed by atoms with Gasteiger partial charge in [-0.3, -0.25) is 4.98 Å². The fraction of sp³-hybridized carbons (Fsp3) is 0.400. The normalized spacial score (nSPS) is 11.1. The van der Waals surface area contributed by atoms with E-state index in [9.17, 15) is 13.2 Å². The molecule has 1 aromatic rings. The predicted molar refractivity (Wildman–Crippen MR) is 52.9 cm³/mol. The van der Waals surface area contributed by atoms with Crippen molar-refractivity contribution < 1.29 is 17.9 Å². The molecular weight excluding hydrogens is 235 g/mol. The highest BCUT2D eigenvalue weighted by Gasteiger charge is 2.33. The van der Waals surface area contributed by atoms with Gasteiger partial charge in [0.25, 0.3) is 0 Å². The highest BCUT2D eigenvalue weighted by Crippen LogP contribution is 2.30. The maximum Gasteiger partial charge on any atom is 0.573 e. The first-order valence-electron chi connectivity index (χ1n) is 4.69. The number of hydrogen-bond acceptors (Lipinski definition) is 4. The van der Waals surface area contributed by atoms with Gasteiger partial charge < -0.3 is 10.5 Å². The van der Waals surface area contributed by atoms with E-state index >= 15 is 0 Å². The van der Waals surface area contributed by atoms with E-state index in [-0.39, 0.29) is 35.5 Å². The van der Waals surface area contributed by atoms with Crippen LogP contribution in [-0.4, -0.2) is 11.3 Å². The minimum Gasteiger partial charge on any atom is -0.405 e. The highest BCUT2D eigenvalue weighted by atomic mass is 19.4. The van der Waals surface area contributed by atoms with Crippen LogP contribution in [0.1, 0.15) is 16.8 Å². The average molecular weight is 245 g/mol. The van der Waals surface area contributed by atoms with E-state index < -0.39 is 6.36 Å². The van der Waals surface area contributed by atoms with E-state index in [0.717, 1.165) is 0 Å². The third-order valence-electron chi connectivity index (χ3n) is 2.13. The van der Waals surface area contributed by atoms with Crippen LogP contribution in [-0.2, 0) is 13.0 Å². The lowest BCUT2D eigenvalue weighted by Crippen LogP contribution is -2.20. The molecule has 92 valence electrons. The molecule has 0 atom stereocenters. The Morgan fingerprint density at radius 3 is 2.65 bits per heavy atom. The van der Waals surface area contributed by atoms with Crippen LogP contribution in [0.15, 0.2) is 6.20 Å². The second-order valence-electron chi connectivity index (χ2n) is 3.27. The van der Waals surface area contributed by atoms with Gasteiger partial charge in [-0.2, -0.15) is 5.26 Å². The van der Waals surface area contributed by atoms with Gasteiger partial charge in [-0.25, -0.2) is 0 Å². The predicted octanol–water partition coefficient (Wildman–Crippen LogP) is 1.81. The SMILES string of the molecule is Cc1c(CC#N)ncc(CN)c1OC(F)(F)F. The van der Waals surface area contributed by atoms with Gasteiger partial charge in [0.15, 0.2) is 0 Å². The topological polar surface area (TPSA) is 71.9 Å². The highest BCUT2D eigenvalue weighted by molar-refractivity contribution is 5.42. The molecule has 0 radical (unpaired) electrons. The summed E-state index contributed by atoms with van der Waals surface area (Å²) in [5, 5.41) is 8.52. The number of aromatic nitrogens is 1. The van der Waals surface area contributed by atoms with Crippen LogP contribution >= 0.6 is 0 Å². The quantitative estimate of drug-likeness (QED) is 0.881. The Balaban J connectivity index is 3.23. The largest absolute Gasteiger partial charge is 0.573 e. The number of alkyl halides is 3. The smallest absolute Gasteiger partial charge is 0.405 e. The first kappa shape index (κ1) is 13.3. The second-order valence-corrected chi connectivity index (χ2v) is 3.27. The fourth-order valence-electron chi connectivity index (χ4n) is 1.34. The number of nitrogens with two attached hydrogens (primary N) is 1. The Kier molecular flexibility index (Phi) is 3.91. The lowest BCUT2D eigenvalue weighted by Gasteiger charge is -2.16. The standard InChI is InChI=1S/C10H10F3N3O/c1-6-8(2-3-14)16-5-7(4-15)9(6)17-10(11,12)13/h5H,2,4,15H2,1H3. The van der Waals surface area contributed by atoms with E-state index in [1.54, 1.807) is 0 Å². The minimum atomic E-state index is -4.79. The number of pyridine rings is 1. The number of nitrogens with zero attached hydrogens (tertiary/aromatic N) is 2. The molecule has 0 unspecified atom stereocenters. The zero-order chi connectivity index (χ0) is 13.1. The Hall–Kier alpha value is -1.81. The molecule has 0 saturated carbocycles. The minimum absolute atomic E-state index is 0.0785. The van der Waals surface area contributed by atoms with Crippen molar-refractivity contribution in [3.8, 4) is 11.8 Å². The Morgan fingerprint density at radius 1 is 1.53 bits per heavy atom. The Labute approximate surface area is 95.8 Å². The molecule has 4 nitrogen and oxygen atoms in total. The maximum atomic E-state index is 12.2. The molecule has 0 amide bonds. The summed E-state index contributed by atoms with van der Waals surface area (Å²) in [6.07, 6.45) is -3.68. The summed E-state index contributed by atoms with van der Waals surface area (Å²) >= 11 is 0. The van der Waals surface area contributed by atoms with Gasteiger partial charge >= 0.3 is 6.36 Å². The summed E-state index contributed by atoms with van der Waals surface area (Å²) in [7, 11) is 0. The van der Waals surface area contributed by atoms with Crippen molar-refractivity contribution in [2.45, 2.75) is 26.3 Å². The molecule has 0 aromatic carbocycles. The molecule has 0 fully saturated rings. The van der Waals surface area contributed by atoms with Crippen molar-refractivity contribution in [2.24, 2.45) is 5.73 Å². The lowest BCUT2D eigenvalue weighted by atomic mass is 10.1. The molecule has 1 aromatic heterocycles.